The summed E-state index contributed by atoms with van der Waals surface area (Å²) in [5.74, 6) is 0.938. The molecule has 0 aromatic heterocycles. The van der Waals surface area contributed by atoms with Gasteiger partial charge in [0.1, 0.15) is 5.75 Å². The third-order valence-electron chi connectivity index (χ3n) is 3.58. The highest BCUT2D eigenvalue weighted by atomic mass is 16.6. The Labute approximate surface area is 121 Å². The minimum Gasteiger partial charge on any atom is -0.496 e. The average Bonchev–Trinajstić information content (AvgIpc) is 2.52. The number of hydrogen-bond donors (Lipinski definition) is 1. The molecule has 0 radical (unpaired) electrons. The minimum atomic E-state index is 0.111. The van der Waals surface area contributed by atoms with Crippen LogP contribution < -0.4 is 10.1 Å². The maximum absolute atomic E-state index is 5.85. The number of rotatable bonds is 7. The molecule has 1 aliphatic rings. The number of para-hydroxylation sites is 1. The van der Waals surface area contributed by atoms with Gasteiger partial charge in [-0.25, -0.2) is 0 Å². The van der Waals surface area contributed by atoms with Crippen molar-refractivity contribution < 1.29 is 14.2 Å². The summed E-state index contributed by atoms with van der Waals surface area (Å²) < 4.78 is 16.8. The third-order valence-corrected chi connectivity index (χ3v) is 3.58. The van der Waals surface area contributed by atoms with Gasteiger partial charge in [-0.05, 0) is 31.0 Å². The van der Waals surface area contributed by atoms with Crippen LogP contribution in [-0.4, -0.2) is 45.6 Å². The molecule has 2 atom stereocenters. The van der Waals surface area contributed by atoms with Gasteiger partial charge in [-0.15, -0.1) is 0 Å². The fourth-order valence-corrected chi connectivity index (χ4v) is 2.51. The zero-order valence-corrected chi connectivity index (χ0v) is 12.4. The Hall–Kier alpha value is -1.10. The summed E-state index contributed by atoms with van der Waals surface area (Å²) in [4.78, 5) is 0. The van der Waals surface area contributed by atoms with E-state index in [1.54, 1.807) is 7.11 Å². The lowest BCUT2D eigenvalue weighted by molar-refractivity contribution is -0.101. The number of hydrogen-bond acceptors (Lipinski definition) is 4. The van der Waals surface area contributed by atoms with E-state index in [1.165, 1.54) is 5.56 Å². The summed E-state index contributed by atoms with van der Waals surface area (Å²) in [6.07, 6.45) is 2.11. The molecule has 112 valence electrons. The molecule has 0 amide bonds. The molecule has 0 bridgehead atoms. The van der Waals surface area contributed by atoms with Crippen LogP contribution in [0, 0.1) is 0 Å². The van der Waals surface area contributed by atoms with Crippen molar-refractivity contribution in [2.24, 2.45) is 0 Å². The van der Waals surface area contributed by atoms with Crippen LogP contribution in [0.3, 0.4) is 0 Å². The van der Waals surface area contributed by atoms with Crippen molar-refractivity contribution >= 4 is 0 Å². The Balaban J connectivity index is 2.05. The normalized spacial score (nSPS) is 20.6. The summed E-state index contributed by atoms with van der Waals surface area (Å²) in [7, 11) is 1.72. The topological polar surface area (TPSA) is 39.7 Å². The Bertz CT molecular complexity index is 391. The van der Waals surface area contributed by atoms with Crippen molar-refractivity contribution in [2.75, 3.05) is 33.5 Å². The van der Waals surface area contributed by atoms with Gasteiger partial charge in [-0.3, -0.25) is 0 Å². The van der Waals surface area contributed by atoms with E-state index in [0.717, 1.165) is 25.1 Å². The minimum absolute atomic E-state index is 0.111. The summed E-state index contributed by atoms with van der Waals surface area (Å²) >= 11 is 0. The maximum atomic E-state index is 5.85. The molecule has 1 aliphatic heterocycles. The van der Waals surface area contributed by atoms with Gasteiger partial charge in [0, 0.05) is 6.04 Å². The van der Waals surface area contributed by atoms with Gasteiger partial charge in [-0.2, -0.15) is 0 Å². The van der Waals surface area contributed by atoms with E-state index in [1.807, 2.05) is 18.2 Å². The van der Waals surface area contributed by atoms with Gasteiger partial charge < -0.3 is 19.5 Å². The second kappa shape index (κ2) is 8.25. The summed E-state index contributed by atoms with van der Waals surface area (Å²) in [6.45, 7) is 5.20. The second-order valence-electron chi connectivity index (χ2n) is 5.06. The van der Waals surface area contributed by atoms with Crippen LogP contribution in [0.25, 0.3) is 0 Å². The molecule has 1 fully saturated rings. The smallest absolute Gasteiger partial charge is 0.122 e. The van der Waals surface area contributed by atoms with Crippen LogP contribution in [0.15, 0.2) is 24.3 Å². The molecule has 1 aromatic carbocycles. The molecule has 1 saturated heterocycles. The van der Waals surface area contributed by atoms with Crippen LogP contribution >= 0.6 is 0 Å². The van der Waals surface area contributed by atoms with Crippen molar-refractivity contribution in [1.82, 2.24) is 5.32 Å². The van der Waals surface area contributed by atoms with Gasteiger partial charge in [0.25, 0.3) is 0 Å². The van der Waals surface area contributed by atoms with Crippen molar-refractivity contribution in [3.8, 4) is 5.75 Å². The van der Waals surface area contributed by atoms with Gasteiger partial charge >= 0.3 is 0 Å². The molecule has 0 saturated carbocycles. The van der Waals surface area contributed by atoms with Crippen molar-refractivity contribution in [2.45, 2.75) is 31.9 Å². The van der Waals surface area contributed by atoms with Gasteiger partial charge in [0.2, 0.25) is 0 Å². The number of benzene rings is 1. The third kappa shape index (κ3) is 4.20. The molecular formula is C16H25NO3. The number of nitrogens with one attached hydrogen (secondary N) is 1. The van der Waals surface area contributed by atoms with Crippen molar-refractivity contribution in [3.63, 3.8) is 0 Å². The van der Waals surface area contributed by atoms with E-state index in [2.05, 4.69) is 18.3 Å². The van der Waals surface area contributed by atoms with Gasteiger partial charge in [-0.1, -0.05) is 25.1 Å². The van der Waals surface area contributed by atoms with Crippen LogP contribution in [0.1, 0.15) is 18.9 Å². The van der Waals surface area contributed by atoms with E-state index in [0.29, 0.717) is 19.8 Å². The Morgan fingerprint density at radius 3 is 2.90 bits per heavy atom. The van der Waals surface area contributed by atoms with E-state index in [9.17, 15) is 0 Å². The first-order chi connectivity index (χ1) is 9.85. The molecule has 4 heteroatoms. The van der Waals surface area contributed by atoms with Crippen molar-refractivity contribution in [3.05, 3.63) is 29.8 Å². The zero-order valence-electron chi connectivity index (χ0n) is 12.4. The maximum Gasteiger partial charge on any atom is 0.122 e. The highest BCUT2D eigenvalue weighted by Gasteiger charge is 2.25. The molecule has 1 N–H and O–H groups in total. The number of methoxy groups -OCH3 is 1. The van der Waals surface area contributed by atoms with Gasteiger partial charge in [0.05, 0.1) is 33.0 Å². The van der Waals surface area contributed by atoms with Crippen LogP contribution in [0.2, 0.25) is 0 Å². The highest BCUT2D eigenvalue weighted by molar-refractivity contribution is 5.34. The van der Waals surface area contributed by atoms with E-state index < -0.39 is 0 Å². The average molecular weight is 279 g/mol. The highest BCUT2D eigenvalue weighted by Crippen LogP contribution is 2.21. The Kier molecular flexibility index (Phi) is 6.30. The Morgan fingerprint density at radius 1 is 1.35 bits per heavy atom. The Morgan fingerprint density at radius 2 is 2.20 bits per heavy atom. The van der Waals surface area contributed by atoms with E-state index in [4.69, 9.17) is 14.2 Å². The quantitative estimate of drug-likeness (QED) is 0.829. The van der Waals surface area contributed by atoms with Crippen LogP contribution in [0.5, 0.6) is 5.75 Å². The molecule has 0 spiro atoms. The lowest BCUT2D eigenvalue weighted by atomic mass is 10.00. The predicted octanol–water partition coefficient (Wildman–Crippen LogP) is 2.02. The lowest BCUT2D eigenvalue weighted by Crippen LogP contribution is -2.48. The molecule has 2 unspecified atom stereocenters. The molecule has 20 heavy (non-hydrogen) atoms. The largest absolute Gasteiger partial charge is 0.496 e. The summed E-state index contributed by atoms with van der Waals surface area (Å²) in [5, 5.41) is 3.58. The van der Waals surface area contributed by atoms with Crippen LogP contribution in [0.4, 0.5) is 0 Å². The SMILES string of the molecule is CCCNC(Cc1ccccc1OC)C1COCCO1. The first-order valence-electron chi connectivity index (χ1n) is 7.39. The predicted molar refractivity (Wildman–Crippen MR) is 79.3 cm³/mol. The standard InChI is InChI=1S/C16H25NO3/c1-3-8-17-14(16-12-19-9-10-20-16)11-13-6-4-5-7-15(13)18-2/h4-7,14,16-17H,3,8-12H2,1-2H3. The first kappa shape index (κ1) is 15.3. The lowest BCUT2D eigenvalue weighted by Gasteiger charge is -2.31. The number of ether oxygens (including phenoxy) is 3. The first-order valence-corrected chi connectivity index (χ1v) is 7.39. The van der Waals surface area contributed by atoms with E-state index in [-0.39, 0.29) is 12.1 Å². The molecule has 0 aliphatic carbocycles. The van der Waals surface area contributed by atoms with Gasteiger partial charge in [0.15, 0.2) is 0 Å². The molecule has 1 aromatic rings. The summed E-state index contributed by atoms with van der Waals surface area (Å²) in [5.41, 5.74) is 1.21. The fourth-order valence-electron chi connectivity index (χ4n) is 2.51. The zero-order chi connectivity index (χ0) is 14.2. The second-order valence-corrected chi connectivity index (χ2v) is 5.06. The van der Waals surface area contributed by atoms with Crippen molar-refractivity contribution in [1.29, 1.82) is 0 Å². The summed E-state index contributed by atoms with van der Waals surface area (Å²) in [6, 6.07) is 8.42. The molecular weight excluding hydrogens is 254 g/mol. The molecule has 2 rings (SSSR count). The molecule has 1 heterocycles. The van der Waals surface area contributed by atoms with E-state index >= 15 is 0 Å². The molecule has 4 nitrogen and oxygen atoms in total. The monoisotopic (exact) mass is 279 g/mol. The van der Waals surface area contributed by atoms with Crippen LogP contribution in [-0.2, 0) is 15.9 Å². The fraction of sp³-hybridized carbons (Fsp3) is 0.625.